The van der Waals surface area contributed by atoms with Gasteiger partial charge >= 0.3 is 6.03 Å². The number of anilines is 1. The Balaban J connectivity index is 1.23. The van der Waals surface area contributed by atoms with E-state index in [1.165, 1.54) is 60.1 Å². The van der Waals surface area contributed by atoms with E-state index in [-0.39, 0.29) is 6.03 Å². The van der Waals surface area contributed by atoms with Gasteiger partial charge in [-0.3, -0.25) is 9.62 Å². The molecule has 146 valence electrons. The summed E-state index contributed by atoms with van der Waals surface area (Å²) >= 11 is 1.50. The average molecular weight is 387 g/mol. The van der Waals surface area contributed by atoms with E-state index in [9.17, 15) is 4.79 Å². The normalized spacial score (nSPS) is 26.9. The predicted molar refractivity (Wildman–Crippen MR) is 111 cm³/mol. The number of piperazine rings is 1. The van der Waals surface area contributed by atoms with Gasteiger partial charge in [-0.25, -0.2) is 9.10 Å². The Bertz CT molecular complexity index is 706. The number of benzene rings is 1. The summed E-state index contributed by atoms with van der Waals surface area (Å²) in [5.41, 5.74) is 6.85. The molecule has 2 fully saturated rings. The molecule has 6 heteroatoms. The van der Waals surface area contributed by atoms with Crippen molar-refractivity contribution in [1.29, 1.82) is 0 Å². The molecule has 1 aromatic rings. The fourth-order valence-corrected chi connectivity index (χ4v) is 6.51. The van der Waals surface area contributed by atoms with Crippen LogP contribution in [0.15, 0.2) is 6.07 Å². The highest BCUT2D eigenvalue weighted by Crippen LogP contribution is 2.38. The summed E-state index contributed by atoms with van der Waals surface area (Å²) in [6.45, 7) is 5.50. The van der Waals surface area contributed by atoms with Gasteiger partial charge in [-0.15, -0.1) is 0 Å². The maximum atomic E-state index is 12.7. The zero-order valence-corrected chi connectivity index (χ0v) is 17.0. The molecule has 2 heterocycles. The number of urea groups is 1. The summed E-state index contributed by atoms with van der Waals surface area (Å²) in [5, 5.41) is 3.23. The molecule has 2 amide bonds. The summed E-state index contributed by atoms with van der Waals surface area (Å²) in [6.07, 6.45) is 9.56. The lowest BCUT2D eigenvalue weighted by Gasteiger charge is -2.39. The van der Waals surface area contributed by atoms with Crippen molar-refractivity contribution in [3.8, 4) is 0 Å². The van der Waals surface area contributed by atoms with Crippen molar-refractivity contribution < 1.29 is 4.79 Å². The maximum Gasteiger partial charge on any atom is 0.330 e. The highest BCUT2D eigenvalue weighted by Gasteiger charge is 2.39. The minimum Gasteiger partial charge on any atom is -0.307 e. The second-order valence-electron chi connectivity index (χ2n) is 8.44. The molecule has 0 spiro atoms. The van der Waals surface area contributed by atoms with Gasteiger partial charge in [0.1, 0.15) is 0 Å². The van der Waals surface area contributed by atoms with Gasteiger partial charge in [0.15, 0.2) is 0 Å². The number of nitrogens with zero attached hydrogens (tertiary/aromatic N) is 2. The van der Waals surface area contributed by atoms with Gasteiger partial charge in [0, 0.05) is 43.0 Å². The molecule has 2 aliphatic heterocycles. The molecule has 27 heavy (non-hydrogen) atoms. The fourth-order valence-electron chi connectivity index (χ4n) is 5.75. The van der Waals surface area contributed by atoms with E-state index >= 15 is 0 Å². The van der Waals surface area contributed by atoms with Crippen molar-refractivity contribution in [3.05, 3.63) is 28.3 Å². The standard InChI is InChI=1S/C21H30N4OS/c1-2-25-16-9-10-17(25)13-24(12-16)27-23-21(26)22-20-18-7-3-5-14(18)11-15-6-4-8-19(15)20/h11,16-17H,2-10,12-13H2,1H3,(H2,22,23,26). The second kappa shape index (κ2) is 7.30. The number of carbonyl (C=O) groups is 1. The van der Waals surface area contributed by atoms with Gasteiger partial charge < -0.3 is 5.32 Å². The molecule has 2 unspecified atom stereocenters. The van der Waals surface area contributed by atoms with Crippen molar-refractivity contribution in [2.75, 3.05) is 25.0 Å². The summed E-state index contributed by atoms with van der Waals surface area (Å²) in [5.74, 6) is 0. The molecule has 2 N–H and O–H groups in total. The number of carbonyl (C=O) groups excluding carboxylic acids is 1. The van der Waals surface area contributed by atoms with Crippen LogP contribution < -0.4 is 10.0 Å². The van der Waals surface area contributed by atoms with Crippen molar-refractivity contribution >= 4 is 23.9 Å². The van der Waals surface area contributed by atoms with E-state index in [4.69, 9.17) is 0 Å². The number of hydrogen-bond donors (Lipinski definition) is 2. The van der Waals surface area contributed by atoms with E-state index in [1.54, 1.807) is 0 Å². The van der Waals surface area contributed by atoms with Crippen molar-refractivity contribution in [2.24, 2.45) is 0 Å². The molecular weight excluding hydrogens is 356 g/mol. The first kappa shape index (κ1) is 17.8. The van der Waals surface area contributed by atoms with E-state index in [2.05, 4.69) is 32.2 Å². The van der Waals surface area contributed by atoms with Crippen LogP contribution in [0.25, 0.3) is 0 Å². The first-order valence-corrected chi connectivity index (χ1v) is 11.4. The van der Waals surface area contributed by atoms with Crippen LogP contribution in [0.4, 0.5) is 10.5 Å². The average Bonchev–Trinajstić information content (AvgIpc) is 3.37. The predicted octanol–water partition coefficient (Wildman–Crippen LogP) is 3.52. The number of rotatable bonds is 4. The van der Waals surface area contributed by atoms with Crippen molar-refractivity contribution in [3.63, 3.8) is 0 Å². The van der Waals surface area contributed by atoms with E-state index in [0.717, 1.165) is 51.0 Å². The summed E-state index contributed by atoms with van der Waals surface area (Å²) in [4.78, 5) is 15.3. The third-order valence-electron chi connectivity index (χ3n) is 6.94. The molecule has 2 atom stereocenters. The SMILES string of the molecule is CCN1C2CCC1CN(SNC(=O)Nc1c3c(cc4c1CCC4)CCC3)C2. The van der Waals surface area contributed by atoms with Crippen LogP contribution in [-0.4, -0.2) is 47.0 Å². The minimum absolute atomic E-state index is 0.0698. The van der Waals surface area contributed by atoms with Crippen molar-refractivity contribution in [2.45, 2.75) is 70.4 Å². The van der Waals surface area contributed by atoms with Gasteiger partial charge in [-0.05, 0) is 80.2 Å². The molecule has 2 bridgehead atoms. The Kier molecular flexibility index (Phi) is 4.82. The molecule has 0 radical (unpaired) electrons. The fraction of sp³-hybridized carbons (Fsp3) is 0.667. The monoisotopic (exact) mass is 386 g/mol. The lowest BCUT2D eigenvalue weighted by Crippen LogP contribution is -2.52. The van der Waals surface area contributed by atoms with Gasteiger partial charge in [-0.2, -0.15) is 0 Å². The van der Waals surface area contributed by atoms with Crippen molar-refractivity contribution in [1.82, 2.24) is 13.9 Å². The zero-order valence-electron chi connectivity index (χ0n) is 16.2. The number of fused-ring (bicyclic) bond motifs is 4. The third kappa shape index (κ3) is 3.26. The number of hydrogen-bond acceptors (Lipinski definition) is 4. The number of likely N-dealkylation sites (N-methyl/N-ethyl adjacent to an activating group) is 1. The third-order valence-corrected chi connectivity index (χ3v) is 7.78. The molecule has 0 saturated carbocycles. The Labute approximate surface area is 166 Å². The zero-order chi connectivity index (χ0) is 18.4. The summed E-state index contributed by atoms with van der Waals surface area (Å²) in [6, 6.07) is 3.66. The lowest BCUT2D eigenvalue weighted by atomic mass is 9.99. The summed E-state index contributed by atoms with van der Waals surface area (Å²) < 4.78 is 5.40. The molecule has 0 aromatic heterocycles. The Morgan fingerprint density at radius 1 is 1.07 bits per heavy atom. The van der Waals surface area contributed by atoms with E-state index in [1.807, 2.05) is 0 Å². The van der Waals surface area contributed by atoms with E-state index in [0.29, 0.717) is 12.1 Å². The molecule has 2 saturated heterocycles. The van der Waals surface area contributed by atoms with Crippen LogP contribution in [0.2, 0.25) is 0 Å². The minimum atomic E-state index is -0.0698. The smallest absolute Gasteiger partial charge is 0.307 e. The van der Waals surface area contributed by atoms with Crippen LogP contribution in [0.5, 0.6) is 0 Å². The topological polar surface area (TPSA) is 47.6 Å². The maximum absolute atomic E-state index is 12.7. The molecule has 2 aliphatic carbocycles. The Hall–Kier alpha value is -1.24. The number of amides is 2. The van der Waals surface area contributed by atoms with E-state index < -0.39 is 0 Å². The number of aryl methyl sites for hydroxylation is 2. The van der Waals surface area contributed by atoms with Gasteiger partial charge in [0.25, 0.3) is 0 Å². The van der Waals surface area contributed by atoms with Crippen LogP contribution >= 0.6 is 12.1 Å². The van der Waals surface area contributed by atoms with Gasteiger partial charge in [0.05, 0.1) is 0 Å². The van der Waals surface area contributed by atoms with Crippen LogP contribution in [0.1, 0.15) is 54.9 Å². The lowest BCUT2D eigenvalue weighted by molar-refractivity contribution is 0.122. The molecule has 5 rings (SSSR count). The van der Waals surface area contributed by atoms with Gasteiger partial charge in [-0.1, -0.05) is 13.0 Å². The largest absolute Gasteiger partial charge is 0.330 e. The molecule has 5 nitrogen and oxygen atoms in total. The number of nitrogens with one attached hydrogen (secondary N) is 2. The van der Waals surface area contributed by atoms with Crippen LogP contribution in [-0.2, 0) is 25.7 Å². The Morgan fingerprint density at radius 2 is 1.70 bits per heavy atom. The second-order valence-corrected chi connectivity index (χ2v) is 9.35. The Morgan fingerprint density at radius 3 is 2.30 bits per heavy atom. The van der Waals surface area contributed by atoms with Crippen LogP contribution in [0.3, 0.4) is 0 Å². The highest BCUT2D eigenvalue weighted by molar-refractivity contribution is 7.95. The molecule has 1 aromatic carbocycles. The highest BCUT2D eigenvalue weighted by atomic mass is 32.2. The molecular formula is C21H30N4OS. The molecule has 4 aliphatic rings. The van der Waals surface area contributed by atoms with Crippen LogP contribution in [0, 0.1) is 0 Å². The summed E-state index contributed by atoms with van der Waals surface area (Å²) in [7, 11) is 0. The first-order valence-electron chi connectivity index (χ1n) is 10.6. The van der Waals surface area contributed by atoms with Gasteiger partial charge in [0.2, 0.25) is 0 Å². The first-order chi connectivity index (χ1) is 13.2. The quantitative estimate of drug-likeness (QED) is 0.778.